The van der Waals surface area contributed by atoms with E-state index in [0.717, 1.165) is 50.1 Å². The van der Waals surface area contributed by atoms with Gasteiger partial charge in [0.05, 0.1) is 11.4 Å². The Labute approximate surface area is 239 Å². The van der Waals surface area contributed by atoms with Gasteiger partial charge in [-0.05, 0) is 64.6 Å². The van der Waals surface area contributed by atoms with Crippen LogP contribution < -0.4 is 4.90 Å². The summed E-state index contributed by atoms with van der Waals surface area (Å²) in [6.45, 7) is 5.88. The van der Waals surface area contributed by atoms with Gasteiger partial charge in [0.2, 0.25) is 0 Å². The standard InChI is InChI=1S/C39H29NO/c1-3-5-12-27(4-2)28-23-25-31(26-24-28)40(36-19-11-17-34-33-16-8-9-20-37(33)41-39(34)36)35-18-10-14-30-22-21-29-13-6-7-15-32(29)38(30)35/h3-26H,1H2,2H3. The first-order valence-corrected chi connectivity index (χ1v) is 13.9. The van der Waals surface area contributed by atoms with Gasteiger partial charge in [0, 0.05) is 21.8 Å². The predicted octanol–water partition coefficient (Wildman–Crippen LogP) is 11.5. The van der Waals surface area contributed by atoms with Crippen LogP contribution in [0.3, 0.4) is 0 Å². The molecule has 2 nitrogen and oxygen atoms in total. The third-order valence-electron chi connectivity index (χ3n) is 7.79. The van der Waals surface area contributed by atoms with E-state index in [2.05, 4.69) is 140 Å². The second kappa shape index (κ2) is 10.3. The minimum absolute atomic E-state index is 0.873. The Kier molecular flexibility index (Phi) is 6.22. The highest BCUT2D eigenvalue weighted by molar-refractivity contribution is 6.17. The first-order valence-electron chi connectivity index (χ1n) is 13.9. The molecule has 1 aromatic heterocycles. The number of rotatable bonds is 6. The summed E-state index contributed by atoms with van der Waals surface area (Å²) in [6, 6.07) is 43.1. The Morgan fingerprint density at radius 1 is 0.659 bits per heavy atom. The van der Waals surface area contributed by atoms with Gasteiger partial charge in [0.1, 0.15) is 5.58 Å². The molecule has 0 saturated heterocycles. The molecule has 1 heterocycles. The zero-order valence-corrected chi connectivity index (χ0v) is 22.9. The molecule has 0 atom stereocenters. The number of anilines is 3. The molecule has 0 N–H and O–H groups in total. The van der Waals surface area contributed by atoms with Crippen molar-refractivity contribution in [3.8, 4) is 0 Å². The van der Waals surface area contributed by atoms with Gasteiger partial charge in [-0.15, -0.1) is 0 Å². The van der Waals surface area contributed by atoms with Crippen molar-refractivity contribution in [2.45, 2.75) is 6.92 Å². The first kappa shape index (κ1) is 24.7. The summed E-state index contributed by atoms with van der Waals surface area (Å²) < 4.78 is 6.56. The van der Waals surface area contributed by atoms with Crippen molar-refractivity contribution < 1.29 is 4.42 Å². The van der Waals surface area contributed by atoms with E-state index in [9.17, 15) is 0 Å². The fourth-order valence-corrected chi connectivity index (χ4v) is 5.88. The number of hydrogen-bond acceptors (Lipinski definition) is 2. The van der Waals surface area contributed by atoms with Crippen molar-refractivity contribution in [1.82, 2.24) is 0 Å². The Bertz CT molecular complexity index is 2130. The van der Waals surface area contributed by atoms with Gasteiger partial charge in [-0.2, -0.15) is 0 Å². The zero-order chi connectivity index (χ0) is 27.8. The summed E-state index contributed by atoms with van der Waals surface area (Å²) in [5.74, 6) is 0. The van der Waals surface area contributed by atoms with Crippen molar-refractivity contribution in [3.63, 3.8) is 0 Å². The number of hydrogen-bond donors (Lipinski definition) is 0. The lowest BCUT2D eigenvalue weighted by atomic mass is 9.98. The Hall–Kier alpha value is -5.34. The Morgan fingerprint density at radius 2 is 1.34 bits per heavy atom. The molecule has 0 fully saturated rings. The number of para-hydroxylation sites is 2. The van der Waals surface area contributed by atoms with Crippen LogP contribution in [0.4, 0.5) is 17.1 Å². The molecule has 0 unspecified atom stereocenters. The van der Waals surface area contributed by atoms with E-state index in [-0.39, 0.29) is 0 Å². The van der Waals surface area contributed by atoms with Gasteiger partial charge in [-0.25, -0.2) is 0 Å². The number of allylic oxidation sites excluding steroid dienone is 5. The predicted molar refractivity (Wildman–Crippen MR) is 176 cm³/mol. The molecule has 0 spiro atoms. The lowest BCUT2D eigenvalue weighted by molar-refractivity contribution is 0.669. The highest BCUT2D eigenvalue weighted by Gasteiger charge is 2.21. The quantitative estimate of drug-likeness (QED) is 0.158. The van der Waals surface area contributed by atoms with E-state index >= 15 is 0 Å². The lowest BCUT2D eigenvalue weighted by Crippen LogP contribution is -2.11. The molecular formula is C39H29NO. The zero-order valence-electron chi connectivity index (χ0n) is 22.9. The third kappa shape index (κ3) is 4.21. The first-order chi connectivity index (χ1) is 20.3. The molecule has 0 aliphatic heterocycles. The van der Waals surface area contributed by atoms with Crippen molar-refractivity contribution in [2.24, 2.45) is 0 Å². The molecule has 0 radical (unpaired) electrons. The topological polar surface area (TPSA) is 16.4 Å². The molecule has 0 aliphatic rings. The van der Waals surface area contributed by atoms with Gasteiger partial charge >= 0.3 is 0 Å². The summed E-state index contributed by atoms with van der Waals surface area (Å²) in [5.41, 5.74) is 7.24. The maximum Gasteiger partial charge on any atom is 0.159 e. The highest BCUT2D eigenvalue weighted by Crippen LogP contribution is 2.45. The van der Waals surface area contributed by atoms with E-state index < -0.39 is 0 Å². The molecule has 41 heavy (non-hydrogen) atoms. The summed E-state index contributed by atoms with van der Waals surface area (Å²) in [4.78, 5) is 2.35. The summed E-state index contributed by atoms with van der Waals surface area (Å²) in [7, 11) is 0. The maximum absolute atomic E-state index is 6.56. The van der Waals surface area contributed by atoms with Crippen LogP contribution >= 0.6 is 0 Å². The lowest BCUT2D eigenvalue weighted by Gasteiger charge is -2.27. The van der Waals surface area contributed by atoms with E-state index in [4.69, 9.17) is 4.42 Å². The van der Waals surface area contributed by atoms with Crippen LogP contribution in [0.15, 0.2) is 157 Å². The van der Waals surface area contributed by atoms with Crippen molar-refractivity contribution in [3.05, 3.63) is 158 Å². The molecular weight excluding hydrogens is 498 g/mol. The SMILES string of the molecule is C=CC=CC(=CC)c1ccc(N(c2cccc3c2oc2ccccc23)c2cccc3ccc4ccccc4c23)cc1. The smallest absolute Gasteiger partial charge is 0.159 e. The van der Waals surface area contributed by atoms with Crippen molar-refractivity contribution in [2.75, 3.05) is 4.90 Å². The number of benzene rings is 6. The van der Waals surface area contributed by atoms with Crippen molar-refractivity contribution in [1.29, 1.82) is 0 Å². The average Bonchev–Trinajstić information content (AvgIpc) is 3.42. The van der Waals surface area contributed by atoms with E-state index in [1.165, 1.54) is 21.5 Å². The maximum atomic E-state index is 6.56. The molecule has 0 aliphatic carbocycles. The van der Waals surface area contributed by atoms with Crippen LogP contribution in [-0.2, 0) is 0 Å². The second-order valence-corrected chi connectivity index (χ2v) is 10.1. The Morgan fingerprint density at radius 3 is 2.17 bits per heavy atom. The van der Waals surface area contributed by atoms with Crippen molar-refractivity contribution >= 4 is 66.1 Å². The Balaban J connectivity index is 1.52. The van der Waals surface area contributed by atoms with Crippen LogP contribution in [0.25, 0.3) is 49.1 Å². The molecule has 0 amide bonds. The normalized spacial score (nSPS) is 12.2. The largest absolute Gasteiger partial charge is 0.454 e. The minimum atomic E-state index is 0.873. The molecule has 0 bridgehead atoms. The second-order valence-electron chi connectivity index (χ2n) is 10.1. The van der Waals surface area contributed by atoms with Gasteiger partial charge in [0.25, 0.3) is 0 Å². The van der Waals surface area contributed by atoms with Crippen LogP contribution in [0.2, 0.25) is 0 Å². The molecule has 7 aromatic rings. The van der Waals surface area contributed by atoms with Gasteiger partial charge < -0.3 is 9.32 Å². The monoisotopic (exact) mass is 527 g/mol. The van der Waals surface area contributed by atoms with Gasteiger partial charge in [0.15, 0.2) is 5.58 Å². The van der Waals surface area contributed by atoms with Gasteiger partial charge in [-0.3, -0.25) is 0 Å². The van der Waals surface area contributed by atoms with Crippen LogP contribution in [0, 0.1) is 0 Å². The molecule has 7 rings (SSSR count). The molecule has 196 valence electrons. The van der Waals surface area contributed by atoms with Crippen LogP contribution in [-0.4, -0.2) is 0 Å². The fourth-order valence-electron chi connectivity index (χ4n) is 5.88. The molecule has 6 aromatic carbocycles. The van der Waals surface area contributed by atoms with Gasteiger partial charge in [-0.1, -0.05) is 122 Å². The fraction of sp³-hybridized carbons (Fsp3) is 0.0256. The number of furan rings is 1. The molecule has 0 saturated carbocycles. The summed E-state index contributed by atoms with van der Waals surface area (Å²) in [6.07, 6.45) is 7.99. The summed E-state index contributed by atoms with van der Waals surface area (Å²) in [5, 5.41) is 7.09. The van der Waals surface area contributed by atoms with E-state index in [0.29, 0.717) is 0 Å². The van der Waals surface area contributed by atoms with E-state index in [1.807, 2.05) is 18.2 Å². The van der Waals surface area contributed by atoms with Crippen LogP contribution in [0.5, 0.6) is 0 Å². The minimum Gasteiger partial charge on any atom is -0.454 e. The summed E-state index contributed by atoms with van der Waals surface area (Å²) >= 11 is 0. The third-order valence-corrected chi connectivity index (χ3v) is 7.79. The van der Waals surface area contributed by atoms with E-state index in [1.54, 1.807) is 6.08 Å². The highest BCUT2D eigenvalue weighted by atomic mass is 16.3. The number of fused-ring (bicyclic) bond motifs is 6. The average molecular weight is 528 g/mol. The number of nitrogens with zero attached hydrogens (tertiary/aromatic N) is 1. The van der Waals surface area contributed by atoms with Crippen LogP contribution in [0.1, 0.15) is 12.5 Å². The molecule has 2 heteroatoms.